The van der Waals surface area contributed by atoms with Gasteiger partial charge in [0, 0.05) is 27.6 Å². The summed E-state index contributed by atoms with van der Waals surface area (Å²) in [6.07, 6.45) is -0.946. The maximum Gasteiger partial charge on any atom is 0.195 e. The summed E-state index contributed by atoms with van der Waals surface area (Å²) in [4.78, 5) is 16.8. The molecule has 0 unspecified atom stereocenters. The number of carbonyl (C=O) groups excluding carboxylic acids is 1. The Labute approximate surface area is 152 Å². The van der Waals surface area contributed by atoms with E-state index in [-0.39, 0.29) is 12.4 Å². The second-order valence-corrected chi connectivity index (χ2v) is 7.83. The van der Waals surface area contributed by atoms with Crippen LogP contribution in [0.1, 0.15) is 63.8 Å². The lowest BCUT2D eigenvalue weighted by molar-refractivity contribution is 0.0947. The van der Waals surface area contributed by atoms with E-state index in [1.165, 1.54) is 0 Å². The number of aliphatic hydroxyl groups excluding tert-OH is 2. The smallest absolute Gasteiger partial charge is 0.195 e. The first-order valence-electron chi connectivity index (χ1n) is 8.87. The average Bonchev–Trinajstić information content (AvgIpc) is 2.98. The highest BCUT2D eigenvalue weighted by Crippen LogP contribution is 2.44. The van der Waals surface area contributed by atoms with Crippen LogP contribution in [0.25, 0.3) is 10.9 Å². The lowest BCUT2D eigenvalue weighted by Gasteiger charge is -2.33. The number of aliphatic hydroxyl groups is 2. The summed E-state index contributed by atoms with van der Waals surface area (Å²) in [5.41, 5.74) is 6.39. The standard InChI is InChI=1S/C22H23NO3/c1-11-5-6-13-17(7-11)23-21-19(13)20(26)15-8-12(2)14(18(25)10-24)9-16(15)22(21,3)4/h5-9,18,23-25H,10H2,1-4H3/t18-/m0/s1. The highest BCUT2D eigenvalue weighted by atomic mass is 16.3. The van der Waals surface area contributed by atoms with Crippen molar-refractivity contribution in [1.82, 2.24) is 4.98 Å². The zero-order chi connectivity index (χ0) is 18.8. The van der Waals surface area contributed by atoms with E-state index in [9.17, 15) is 15.0 Å². The molecule has 0 radical (unpaired) electrons. The molecule has 1 aromatic heterocycles. The largest absolute Gasteiger partial charge is 0.393 e. The van der Waals surface area contributed by atoms with E-state index >= 15 is 0 Å². The van der Waals surface area contributed by atoms with Gasteiger partial charge in [-0.05, 0) is 48.2 Å². The van der Waals surface area contributed by atoms with Crippen LogP contribution in [0.4, 0.5) is 0 Å². The molecule has 3 aromatic rings. The Kier molecular flexibility index (Phi) is 3.62. The van der Waals surface area contributed by atoms with Gasteiger partial charge in [0.2, 0.25) is 0 Å². The third-order valence-corrected chi connectivity index (χ3v) is 5.66. The highest BCUT2D eigenvalue weighted by molar-refractivity contribution is 6.20. The van der Waals surface area contributed by atoms with Gasteiger partial charge in [-0.25, -0.2) is 0 Å². The average molecular weight is 349 g/mol. The van der Waals surface area contributed by atoms with Gasteiger partial charge in [-0.15, -0.1) is 0 Å². The number of carbonyl (C=O) groups is 1. The Morgan fingerprint density at radius 2 is 1.88 bits per heavy atom. The molecule has 4 heteroatoms. The van der Waals surface area contributed by atoms with Crippen LogP contribution in [0.5, 0.6) is 0 Å². The van der Waals surface area contributed by atoms with Crippen molar-refractivity contribution in [2.45, 2.75) is 39.2 Å². The molecule has 0 bridgehead atoms. The lowest BCUT2D eigenvalue weighted by Crippen LogP contribution is -2.31. The molecule has 0 saturated carbocycles. The molecule has 0 saturated heterocycles. The number of nitrogens with one attached hydrogen (secondary N) is 1. The number of ketones is 1. The summed E-state index contributed by atoms with van der Waals surface area (Å²) in [5, 5.41) is 20.5. The number of hydrogen-bond acceptors (Lipinski definition) is 3. The maximum absolute atomic E-state index is 13.3. The zero-order valence-corrected chi connectivity index (χ0v) is 15.5. The fraction of sp³-hybridized carbons (Fsp3) is 0.318. The van der Waals surface area contributed by atoms with E-state index in [1.54, 1.807) is 0 Å². The Hall–Kier alpha value is -2.43. The van der Waals surface area contributed by atoms with Crippen molar-refractivity contribution < 1.29 is 15.0 Å². The lowest BCUT2D eigenvalue weighted by atomic mass is 9.70. The van der Waals surface area contributed by atoms with Crippen LogP contribution in [0.3, 0.4) is 0 Å². The van der Waals surface area contributed by atoms with Crippen LogP contribution < -0.4 is 0 Å². The van der Waals surface area contributed by atoms with Crippen molar-refractivity contribution in [3.63, 3.8) is 0 Å². The van der Waals surface area contributed by atoms with Crippen LogP contribution >= 0.6 is 0 Å². The van der Waals surface area contributed by atoms with Crippen LogP contribution in [0.15, 0.2) is 30.3 Å². The van der Waals surface area contributed by atoms with E-state index in [4.69, 9.17) is 0 Å². The number of benzene rings is 2. The van der Waals surface area contributed by atoms with Crippen molar-refractivity contribution >= 4 is 16.7 Å². The van der Waals surface area contributed by atoms with E-state index in [1.807, 2.05) is 38.1 Å². The molecule has 3 N–H and O–H groups in total. The third kappa shape index (κ3) is 2.19. The van der Waals surface area contributed by atoms with Crippen LogP contribution in [0, 0.1) is 13.8 Å². The predicted molar refractivity (Wildman–Crippen MR) is 102 cm³/mol. The quantitative estimate of drug-likeness (QED) is 0.661. The minimum atomic E-state index is -0.946. The van der Waals surface area contributed by atoms with Gasteiger partial charge in [-0.1, -0.05) is 32.0 Å². The number of H-pyrrole nitrogens is 1. The number of aromatic nitrogens is 1. The van der Waals surface area contributed by atoms with E-state index in [2.05, 4.69) is 24.9 Å². The molecule has 134 valence electrons. The normalized spacial score (nSPS) is 16.5. The molecule has 2 aromatic carbocycles. The number of aromatic amines is 1. The van der Waals surface area contributed by atoms with E-state index in [0.29, 0.717) is 11.1 Å². The minimum Gasteiger partial charge on any atom is -0.393 e. The number of rotatable bonds is 2. The summed E-state index contributed by atoms with van der Waals surface area (Å²) >= 11 is 0. The first-order chi connectivity index (χ1) is 12.3. The first kappa shape index (κ1) is 17.0. The number of aryl methyl sites for hydroxylation is 2. The molecular formula is C22H23NO3. The van der Waals surface area contributed by atoms with Gasteiger partial charge in [0.05, 0.1) is 12.2 Å². The Bertz CT molecular complexity index is 1060. The monoisotopic (exact) mass is 349 g/mol. The summed E-state index contributed by atoms with van der Waals surface area (Å²) < 4.78 is 0. The zero-order valence-electron chi connectivity index (χ0n) is 15.5. The van der Waals surface area contributed by atoms with Crippen LogP contribution in [-0.2, 0) is 5.41 Å². The van der Waals surface area contributed by atoms with E-state index in [0.717, 1.165) is 38.9 Å². The second kappa shape index (κ2) is 5.53. The Balaban J connectivity index is 2.03. The van der Waals surface area contributed by atoms with Crippen LogP contribution in [-0.4, -0.2) is 27.6 Å². The van der Waals surface area contributed by atoms with Gasteiger partial charge < -0.3 is 15.2 Å². The second-order valence-electron chi connectivity index (χ2n) is 7.83. The van der Waals surface area contributed by atoms with Gasteiger partial charge in [0.25, 0.3) is 0 Å². The van der Waals surface area contributed by atoms with Gasteiger partial charge >= 0.3 is 0 Å². The van der Waals surface area contributed by atoms with Crippen LogP contribution in [0.2, 0.25) is 0 Å². The molecule has 0 spiro atoms. The van der Waals surface area contributed by atoms with Crippen molar-refractivity contribution in [1.29, 1.82) is 0 Å². The fourth-order valence-corrected chi connectivity index (χ4v) is 4.17. The Morgan fingerprint density at radius 3 is 2.58 bits per heavy atom. The molecule has 4 nitrogen and oxygen atoms in total. The molecule has 1 atom stereocenters. The number of fused-ring (bicyclic) bond motifs is 4. The predicted octanol–water partition coefficient (Wildman–Crippen LogP) is 3.68. The fourth-order valence-electron chi connectivity index (χ4n) is 4.17. The molecule has 1 aliphatic carbocycles. The molecule has 0 amide bonds. The maximum atomic E-state index is 13.3. The Morgan fingerprint density at radius 1 is 1.15 bits per heavy atom. The molecule has 1 aliphatic rings. The van der Waals surface area contributed by atoms with Gasteiger partial charge in [0.15, 0.2) is 5.78 Å². The molecule has 4 rings (SSSR count). The summed E-state index contributed by atoms with van der Waals surface area (Å²) in [6, 6.07) is 9.83. The summed E-state index contributed by atoms with van der Waals surface area (Å²) in [6.45, 7) is 7.73. The van der Waals surface area contributed by atoms with Gasteiger partial charge in [-0.3, -0.25) is 4.79 Å². The minimum absolute atomic E-state index is 0.0116. The molecule has 0 aliphatic heterocycles. The summed E-state index contributed by atoms with van der Waals surface area (Å²) in [5.74, 6) is 0.0116. The molecular weight excluding hydrogens is 326 g/mol. The first-order valence-corrected chi connectivity index (χ1v) is 8.87. The topological polar surface area (TPSA) is 73.3 Å². The molecule has 0 fully saturated rings. The SMILES string of the molecule is Cc1ccc2c3c([nH]c2c1)C(C)(C)c1cc([C@@H](O)CO)c(C)cc1C3=O. The van der Waals surface area contributed by atoms with Crippen molar-refractivity contribution in [2.24, 2.45) is 0 Å². The van der Waals surface area contributed by atoms with Gasteiger partial charge in [-0.2, -0.15) is 0 Å². The van der Waals surface area contributed by atoms with Crippen molar-refractivity contribution in [3.8, 4) is 0 Å². The summed E-state index contributed by atoms with van der Waals surface area (Å²) in [7, 11) is 0. The van der Waals surface area contributed by atoms with Crippen molar-refractivity contribution in [3.05, 3.63) is 69.4 Å². The molecule has 26 heavy (non-hydrogen) atoms. The van der Waals surface area contributed by atoms with E-state index < -0.39 is 11.5 Å². The highest BCUT2D eigenvalue weighted by Gasteiger charge is 2.40. The third-order valence-electron chi connectivity index (χ3n) is 5.66. The van der Waals surface area contributed by atoms with Gasteiger partial charge in [0.1, 0.15) is 6.10 Å². The number of hydrogen-bond donors (Lipinski definition) is 3. The van der Waals surface area contributed by atoms with Crippen molar-refractivity contribution in [2.75, 3.05) is 6.61 Å². The molecule has 1 heterocycles.